The van der Waals surface area contributed by atoms with E-state index in [0.29, 0.717) is 29.8 Å². The molecule has 4 aromatic rings. The van der Waals surface area contributed by atoms with Gasteiger partial charge in [0.25, 0.3) is 0 Å². The lowest BCUT2D eigenvalue weighted by atomic mass is 9.80. The van der Waals surface area contributed by atoms with Crippen LogP contribution >= 0.6 is 0 Å². The molecule has 12 heteroatoms. The molecular formula is C27H36N10O2. The van der Waals surface area contributed by atoms with Gasteiger partial charge in [0.2, 0.25) is 17.6 Å². The number of nitrogens with one attached hydrogen (secondary N) is 2. The van der Waals surface area contributed by atoms with E-state index in [9.17, 15) is 4.79 Å². The van der Waals surface area contributed by atoms with E-state index in [1.807, 2.05) is 7.05 Å². The molecule has 4 heterocycles. The Labute approximate surface area is 226 Å². The number of aromatic amines is 1. The van der Waals surface area contributed by atoms with Crippen molar-refractivity contribution < 1.29 is 4.52 Å². The molecule has 1 unspecified atom stereocenters. The summed E-state index contributed by atoms with van der Waals surface area (Å²) < 4.78 is 7.03. The molecule has 0 bridgehead atoms. The van der Waals surface area contributed by atoms with Crippen LogP contribution in [-0.4, -0.2) is 52.7 Å². The summed E-state index contributed by atoms with van der Waals surface area (Å²) in [6.45, 7) is 5.94. The lowest BCUT2D eigenvalue weighted by Crippen LogP contribution is -2.31. The highest BCUT2D eigenvalue weighted by Crippen LogP contribution is 2.36. The van der Waals surface area contributed by atoms with Gasteiger partial charge in [-0.15, -0.1) is 0 Å². The Morgan fingerprint density at radius 2 is 1.97 bits per heavy atom. The molecule has 0 spiro atoms. The maximum absolute atomic E-state index is 11.7. The van der Waals surface area contributed by atoms with Gasteiger partial charge in [0.05, 0.1) is 18.4 Å². The third-order valence-corrected chi connectivity index (χ3v) is 8.39. The molecule has 0 aromatic carbocycles. The van der Waals surface area contributed by atoms with Gasteiger partial charge in [-0.2, -0.15) is 4.98 Å². The summed E-state index contributed by atoms with van der Waals surface area (Å²) in [6, 6.07) is 0.237. The van der Waals surface area contributed by atoms with Crippen LogP contribution in [0.5, 0.6) is 0 Å². The number of fused-ring (bicyclic) bond motifs is 1. The van der Waals surface area contributed by atoms with Gasteiger partial charge in [-0.05, 0) is 50.4 Å². The van der Waals surface area contributed by atoms with Gasteiger partial charge in [0, 0.05) is 32.0 Å². The maximum Gasteiger partial charge on any atom is 0.439 e. The minimum Gasteiger partial charge on any atom is -0.365 e. The van der Waals surface area contributed by atoms with Gasteiger partial charge >= 0.3 is 5.76 Å². The smallest absolute Gasteiger partial charge is 0.365 e. The highest BCUT2D eigenvalue weighted by Gasteiger charge is 2.29. The fourth-order valence-corrected chi connectivity index (χ4v) is 5.79. The third kappa shape index (κ3) is 5.37. The summed E-state index contributed by atoms with van der Waals surface area (Å²) in [6.07, 6.45) is 13.7. The van der Waals surface area contributed by atoms with Crippen molar-refractivity contribution in [2.75, 3.05) is 17.3 Å². The molecule has 206 valence electrons. The van der Waals surface area contributed by atoms with Crippen molar-refractivity contribution in [3.8, 4) is 11.6 Å². The zero-order valence-corrected chi connectivity index (χ0v) is 22.8. The Morgan fingerprint density at radius 1 is 1.15 bits per heavy atom. The number of hydrogen-bond donors (Lipinski definition) is 2. The average Bonchev–Trinajstić information content (AvgIpc) is 3.49. The molecule has 0 aliphatic heterocycles. The quantitative estimate of drug-likeness (QED) is 0.324. The first-order valence-electron chi connectivity index (χ1n) is 14.0. The number of H-pyrrole nitrogens is 1. The van der Waals surface area contributed by atoms with Gasteiger partial charge in [0.15, 0.2) is 11.5 Å². The van der Waals surface area contributed by atoms with Crippen LogP contribution in [0.3, 0.4) is 0 Å². The molecule has 2 aliphatic rings. The third-order valence-electron chi connectivity index (χ3n) is 8.39. The van der Waals surface area contributed by atoms with Crippen LogP contribution < -0.4 is 16.0 Å². The van der Waals surface area contributed by atoms with E-state index < -0.39 is 5.76 Å². The number of aromatic nitrogens is 8. The fraction of sp³-hybridized carbons (Fsp3) is 0.593. The lowest BCUT2D eigenvalue weighted by molar-refractivity contribution is 0.267. The fourth-order valence-electron chi connectivity index (χ4n) is 5.79. The van der Waals surface area contributed by atoms with Crippen LogP contribution in [0.1, 0.15) is 64.5 Å². The highest BCUT2D eigenvalue weighted by molar-refractivity contribution is 5.87. The molecule has 1 atom stereocenters. The molecular weight excluding hydrogens is 496 g/mol. The number of rotatable bonds is 9. The first-order chi connectivity index (χ1) is 18.9. The van der Waals surface area contributed by atoms with Crippen molar-refractivity contribution in [1.82, 2.24) is 39.6 Å². The van der Waals surface area contributed by atoms with Gasteiger partial charge in [-0.1, -0.05) is 31.3 Å². The first kappa shape index (κ1) is 25.4. The van der Waals surface area contributed by atoms with E-state index >= 15 is 0 Å². The standard InChI is InChI=1S/C27H36N10O2/c1-16-7-9-18(10-8-16)14-37-21-22(30-17(2)19-5-4-6-19)31-24(25-34-27(38)39-35-25)32-23(21)33-26(37)36(3)15-20-13-28-11-12-29-20/h11-13,16-19H,4-10,14-15H2,1-3H3,(H,30,31,32)(H,34,35,38). The maximum atomic E-state index is 11.7. The van der Waals surface area contributed by atoms with Crippen molar-refractivity contribution in [3.63, 3.8) is 0 Å². The predicted octanol–water partition coefficient (Wildman–Crippen LogP) is 4.02. The second-order valence-electron chi connectivity index (χ2n) is 11.3. The summed E-state index contributed by atoms with van der Waals surface area (Å²) in [7, 11) is 2.02. The Bertz CT molecular complexity index is 1470. The molecule has 6 rings (SSSR count). The Hall–Kier alpha value is -3.83. The van der Waals surface area contributed by atoms with E-state index in [-0.39, 0.29) is 17.7 Å². The van der Waals surface area contributed by atoms with Crippen molar-refractivity contribution >= 4 is 22.9 Å². The van der Waals surface area contributed by atoms with Crippen molar-refractivity contribution in [3.05, 3.63) is 34.8 Å². The largest absolute Gasteiger partial charge is 0.439 e. The van der Waals surface area contributed by atoms with Crippen LogP contribution in [0, 0.1) is 17.8 Å². The zero-order chi connectivity index (χ0) is 26.9. The minimum atomic E-state index is -0.646. The number of imidazole rings is 1. The Balaban J connectivity index is 1.46. The van der Waals surface area contributed by atoms with Crippen molar-refractivity contribution in [2.45, 2.75) is 77.9 Å². The minimum absolute atomic E-state index is 0.187. The molecule has 0 radical (unpaired) electrons. The van der Waals surface area contributed by atoms with Gasteiger partial charge in [-0.25, -0.2) is 14.8 Å². The number of anilines is 2. The van der Waals surface area contributed by atoms with Gasteiger partial charge < -0.3 is 14.8 Å². The normalized spacial score (nSPS) is 20.6. The summed E-state index contributed by atoms with van der Waals surface area (Å²) in [5.41, 5.74) is 2.28. The molecule has 4 aromatic heterocycles. The molecule has 0 amide bonds. The topological polar surface area (TPSA) is 144 Å². The van der Waals surface area contributed by atoms with Crippen molar-refractivity contribution in [2.24, 2.45) is 17.8 Å². The zero-order valence-electron chi connectivity index (χ0n) is 22.8. The Morgan fingerprint density at radius 3 is 2.64 bits per heavy atom. The van der Waals surface area contributed by atoms with Crippen LogP contribution in [0.2, 0.25) is 0 Å². The lowest BCUT2D eigenvalue weighted by Gasteiger charge is -2.32. The molecule has 2 fully saturated rings. The average molecular weight is 533 g/mol. The van der Waals surface area contributed by atoms with Crippen LogP contribution in [0.15, 0.2) is 27.9 Å². The summed E-state index contributed by atoms with van der Waals surface area (Å²) in [4.78, 5) is 39.7. The SMILES string of the molecule is CC1CCC(Cn2c(N(C)Cc3cnccn3)nc3nc(-c4noc(=O)[nH]4)nc(NC(C)C4CCC4)c32)CC1. The molecule has 0 saturated heterocycles. The monoisotopic (exact) mass is 532 g/mol. The molecule has 2 aliphatic carbocycles. The van der Waals surface area contributed by atoms with Gasteiger partial charge in [0.1, 0.15) is 5.52 Å². The van der Waals surface area contributed by atoms with Gasteiger partial charge in [-0.3, -0.25) is 19.5 Å². The summed E-state index contributed by atoms with van der Waals surface area (Å²) in [5.74, 6) is 3.24. The number of hydrogen-bond acceptors (Lipinski definition) is 10. The Kier molecular flexibility index (Phi) is 7.01. The van der Waals surface area contributed by atoms with E-state index in [0.717, 1.165) is 29.6 Å². The summed E-state index contributed by atoms with van der Waals surface area (Å²) >= 11 is 0. The van der Waals surface area contributed by atoms with Crippen LogP contribution in [0.4, 0.5) is 11.8 Å². The molecule has 12 nitrogen and oxygen atoms in total. The summed E-state index contributed by atoms with van der Waals surface area (Å²) in [5, 5.41) is 7.53. The molecule has 39 heavy (non-hydrogen) atoms. The van der Waals surface area contributed by atoms with Crippen LogP contribution in [0.25, 0.3) is 22.8 Å². The second kappa shape index (κ2) is 10.7. The van der Waals surface area contributed by atoms with E-state index in [1.165, 1.54) is 44.9 Å². The van der Waals surface area contributed by atoms with Crippen molar-refractivity contribution in [1.29, 1.82) is 0 Å². The second-order valence-corrected chi connectivity index (χ2v) is 11.3. The number of nitrogens with zero attached hydrogens (tertiary/aromatic N) is 8. The van der Waals surface area contributed by atoms with E-state index in [4.69, 9.17) is 19.5 Å². The predicted molar refractivity (Wildman–Crippen MR) is 147 cm³/mol. The highest BCUT2D eigenvalue weighted by atomic mass is 16.5. The van der Waals surface area contributed by atoms with Crippen LogP contribution in [-0.2, 0) is 13.1 Å². The first-order valence-corrected chi connectivity index (χ1v) is 14.0. The van der Waals surface area contributed by atoms with E-state index in [2.05, 4.69) is 48.7 Å². The molecule has 2 saturated carbocycles. The van der Waals surface area contributed by atoms with E-state index in [1.54, 1.807) is 18.6 Å². The molecule has 2 N–H and O–H groups in total.